The standard InChI is InChI=1S/C28H25ClN6O3/c1-17-14-31-20(12-23(17)37-10-11-38-26-5-3-4-24(29)34-26)9-8-19-15-33-27(30-2)22-16-32-25(13-21(19)22)35-28(36)18-6-7-18/h3-5,12-16,18H,6-7,10-11H2,1-2H3,(H,30,33)(H,32,35,36). The Kier molecular flexibility index (Phi) is 7.52. The number of halogens is 1. The van der Waals surface area contributed by atoms with Crippen LogP contribution >= 0.6 is 11.6 Å². The van der Waals surface area contributed by atoms with Crippen LogP contribution < -0.4 is 20.1 Å². The van der Waals surface area contributed by atoms with Crippen LogP contribution in [-0.4, -0.2) is 46.1 Å². The maximum atomic E-state index is 12.2. The lowest BCUT2D eigenvalue weighted by molar-refractivity contribution is -0.117. The van der Waals surface area contributed by atoms with Crippen LogP contribution in [0.2, 0.25) is 5.15 Å². The molecule has 1 fully saturated rings. The third kappa shape index (κ3) is 6.10. The van der Waals surface area contributed by atoms with Gasteiger partial charge in [-0.05, 0) is 37.8 Å². The third-order valence-electron chi connectivity index (χ3n) is 5.87. The van der Waals surface area contributed by atoms with Crippen molar-refractivity contribution in [3.8, 4) is 23.5 Å². The molecule has 5 rings (SSSR count). The van der Waals surface area contributed by atoms with E-state index in [-0.39, 0.29) is 11.8 Å². The van der Waals surface area contributed by atoms with Crippen molar-refractivity contribution >= 4 is 39.9 Å². The van der Waals surface area contributed by atoms with Crippen LogP contribution in [0.25, 0.3) is 10.8 Å². The Morgan fingerprint density at radius 2 is 1.89 bits per heavy atom. The monoisotopic (exact) mass is 528 g/mol. The highest BCUT2D eigenvalue weighted by Crippen LogP contribution is 2.31. The van der Waals surface area contributed by atoms with Gasteiger partial charge in [-0.2, -0.15) is 0 Å². The van der Waals surface area contributed by atoms with Crippen molar-refractivity contribution in [3.63, 3.8) is 0 Å². The van der Waals surface area contributed by atoms with E-state index in [2.05, 4.69) is 42.4 Å². The predicted octanol–water partition coefficient (Wildman–Crippen LogP) is 4.63. The lowest BCUT2D eigenvalue weighted by atomic mass is 10.1. The van der Waals surface area contributed by atoms with Crippen molar-refractivity contribution in [3.05, 3.63) is 70.9 Å². The van der Waals surface area contributed by atoms with E-state index in [1.807, 2.05) is 13.0 Å². The molecule has 4 aromatic rings. The first-order valence-electron chi connectivity index (χ1n) is 12.1. The topological polar surface area (TPSA) is 111 Å². The van der Waals surface area contributed by atoms with Gasteiger partial charge in [0.05, 0.1) is 5.56 Å². The normalized spacial score (nSPS) is 12.4. The van der Waals surface area contributed by atoms with E-state index in [4.69, 9.17) is 21.1 Å². The fourth-order valence-corrected chi connectivity index (χ4v) is 3.86. The molecule has 1 aliphatic carbocycles. The van der Waals surface area contributed by atoms with Gasteiger partial charge in [-0.1, -0.05) is 23.6 Å². The van der Waals surface area contributed by atoms with Gasteiger partial charge in [0.25, 0.3) is 0 Å². The summed E-state index contributed by atoms with van der Waals surface area (Å²) in [5.41, 5.74) is 2.12. The van der Waals surface area contributed by atoms with Crippen molar-refractivity contribution in [2.45, 2.75) is 19.8 Å². The zero-order valence-corrected chi connectivity index (χ0v) is 21.7. The summed E-state index contributed by atoms with van der Waals surface area (Å²) in [4.78, 5) is 29.6. The Bertz CT molecular complexity index is 1560. The van der Waals surface area contributed by atoms with Crippen molar-refractivity contribution in [2.24, 2.45) is 5.92 Å². The van der Waals surface area contributed by atoms with E-state index in [9.17, 15) is 4.79 Å². The minimum Gasteiger partial charge on any atom is -0.490 e. The molecule has 192 valence electrons. The number of hydrogen-bond acceptors (Lipinski definition) is 8. The first-order chi connectivity index (χ1) is 18.5. The highest BCUT2D eigenvalue weighted by molar-refractivity contribution is 6.29. The molecular weight excluding hydrogens is 504 g/mol. The fourth-order valence-electron chi connectivity index (χ4n) is 3.70. The average Bonchev–Trinajstić information content (AvgIpc) is 3.77. The number of amides is 1. The van der Waals surface area contributed by atoms with Gasteiger partial charge in [0.1, 0.15) is 41.4 Å². The molecule has 38 heavy (non-hydrogen) atoms. The van der Waals surface area contributed by atoms with Gasteiger partial charge in [0, 0.05) is 60.0 Å². The molecule has 1 aliphatic rings. The number of hydrogen-bond donors (Lipinski definition) is 2. The Hall–Kier alpha value is -4.42. The van der Waals surface area contributed by atoms with E-state index in [0.717, 1.165) is 29.2 Å². The molecule has 10 heteroatoms. The molecule has 0 aromatic carbocycles. The van der Waals surface area contributed by atoms with Gasteiger partial charge < -0.3 is 20.1 Å². The molecule has 0 spiro atoms. The second kappa shape index (κ2) is 11.3. The summed E-state index contributed by atoms with van der Waals surface area (Å²) < 4.78 is 11.5. The summed E-state index contributed by atoms with van der Waals surface area (Å²) >= 11 is 5.89. The molecule has 1 amide bonds. The van der Waals surface area contributed by atoms with Gasteiger partial charge in [0.2, 0.25) is 11.8 Å². The summed E-state index contributed by atoms with van der Waals surface area (Å²) in [6.07, 6.45) is 6.95. The summed E-state index contributed by atoms with van der Waals surface area (Å²) in [6.45, 7) is 2.53. The molecule has 0 saturated heterocycles. The largest absolute Gasteiger partial charge is 0.490 e. The zero-order chi connectivity index (χ0) is 26.5. The van der Waals surface area contributed by atoms with E-state index < -0.39 is 0 Å². The number of aryl methyl sites for hydroxylation is 1. The van der Waals surface area contributed by atoms with E-state index >= 15 is 0 Å². The first-order valence-corrected chi connectivity index (χ1v) is 12.5. The fraction of sp³-hybridized carbons (Fsp3) is 0.250. The number of nitrogens with one attached hydrogen (secondary N) is 2. The Labute approximate surface area is 225 Å². The number of anilines is 2. The summed E-state index contributed by atoms with van der Waals surface area (Å²) in [5, 5.41) is 7.97. The number of pyridine rings is 4. The van der Waals surface area contributed by atoms with Crippen molar-refractivity contribution < 1.29 is 14.3 Å². The molecule has 0 atom stereocenters. The Balaban J connectivity index is 1.33. The number of carbonyl (C=O) groups excluding carboxylic acids is 1. The second-order valence-corrected chi connectivity index (χ2v) is 9.12. The number of aromatic nitrogens is 4. The van der Waals surface area contributed by atoms with Gasteiger partial charge in [-0.3, -0.25) is 4.79 Å². The van der Waals surface area contributed by atoms with Gasteiger partial charge in [-0.15, -0.1) is 0 Å². The zero-order valence-electron chi connectivity index (χ0n) is 20.9. The highest BCUT2D eigenvalue weighted by Gasteiger charge is 2.29. The van der Waals surface area contributed by atoms with E-state index in [1.165, 1.54) is 0 Å². The minimum atomic E-state index is -0.00186. The molecule has 2 N–H and O–H groups in total. The van der Waals surface area contributed by atoms with Gasteiger partial charge in [-0.25, -0.2) is 19.9 Å². The van der Waals surface area contributed by atoms with Crippen LogP contribution in [0, 0.1) is 24.7 Å². The van der Waals surface area contributed by atoms with E-state index in [1.54, 1.807) is 49.9 Å². The molecule has 4 heterocycles. The first kappa shape index (κ1) is 25.2. The Morgan fingerprint density at radius 3 is 2.68 bits per heavy atom. The lowest BCUT2D eigenvalue weighted by Gasteiger charge is -2.10. The van der Waals surface area contributed by atoms with Crippen LogP contribution in [-0.2, 0) is 4.79 Å². The molecule has 4 aromatic heterocycles. The highest BCUT2D eigenvalue weighted by atomic mass is 35.5. The van der Waals surface area contributed by atoms with Crippen molar-refractivity contribution in [1.82, 2.24) is 19.9 Å². The van der Waals surface area contributed by atoms with E-state index in [0.29, 0.717) is 52.9 Å². The second-order valence-electron chi connectivity index (χ2n) is 8.73. The number of nitrogens with zero attached hydrogens (tertiary/aromatic N) is 4. The summed E-state index contributed by atoms with van der Waals surface area (Å²) in [6, 6.07) is 8.81. The smallest absolute Gasteiger partial charge is 0.228 e. The van der Waals surface area contributed by atoms with Crippen LogP contribution in [0.5, 0.6) is 11.6 Å². The molecule has 0 radical (unpaired) electrons. The number of rotatable bonds is 8. The Morgan fingerprint density at radius 1 is 1.05 bits per heavy atom. The number of carbonyl (C=O) groups is 1. The third-order valence-corrected chi connectivity index (χ3v) is 6.08. The molecule has 0 unspecified atom stereocenters. The minimum absolute atomic E-state index is 0.00186. The quantitative estimate of drug-likeness (QED) is 0.193. The SMILES string of the molecule is CNc1ncc(C#Cc2cc(OCCOc3cccc(Cl)n3)c(C)cn2)c2cc(NC(=O)C3CC3)ncc12. The number of ether oxygens (including phenoxy) is 2. The molecular formula is C28H25ClN6O3. The molecule has 0 bridgehead atoms. The van der Waals surface area contributed by atoms with Crippen LogP contribution in [0.4, 0.5) is 11.6 Å². The van der Waals surface area contributed by atoms with Gasteiger partial charge in [0.15, 0.2) is 0 Å². The van der Waals surface area contributed by atoms with Crippen LogP contribution in [0.3, 0.4) is 0 Å². The maximum absolute atomic E-state index is 12.2. The van der Waals surface area contributed by atoms with Gasteiger partial charge >= 0.3 is 0 Å². The van der Waals surface area contributed by atoms with Crippen LogP contribution in [0.1, 0.15) is 29.7 Å². The predicted molar refractivity (Wildman–Crippen MR) is 146 cm³/mol. The molecule has 0 aliphatic heterocycles. The van der Waals surface area contributed by atoms with Crippen molar-refractivity contribution in [2.75, 3.05) is 30.9 Å². The number of fused-ring (bicyclic) bond motifs is 1. The molecule has 9 nitrogen and oxygen atoms in total. The maximum Gasteiger partial charge on any atom is 0.228 e. The van der Waals surface area contributed by atoms with Crippen molar-refractivity contribution in [1.29, 1.82) is 0 Å². The average molecular weight is 529 g/mol. The molecule has 1 saturated carbocycles. The lowest BCUT2D eigenvalue weighted by Crippen LogP contribution is -2.14. The summed E-state index contributed by atoms with van der Waals surface area (Å²) in [5.74, 6) is 8.62. The summed E-state index contributed by atoms with van der Waals surface area (Å²) in [7, 11) is 1.80. The van der Waals surface area contributed by atoms with Crippen LogP contribution in [0.15, 0.2) is 48.9 Å².